The summed E-state index contributed by atoms with van der Waals surface area (Å²) in [5, 5.41) is 57.7. The number of ether oxygens (including phenoxy) is 4. The fourth-order valence-electron chi connectivity index (χ4n) is 13.2. The van der Waals surface area contributed by atoms with Gasteiger partial charge in [-0.05, 0) is 194 Å². The summed E-state index contributed by atoms with van der Waals surface area (Å²) in [5.74, 6) is 0.492. The van der Waals surface area contributed by atoms with Crippen molar-refractivity contribution < 1.29 is 59.4 Å². The van der Waals surface area contributed by atoms with Crippen LogP contribution in [0, 0.1) is 11.3 Å². The zero-order chi connectivity index (χ0) is 66.3. The second-order valence-electron chi connectivity index (χ2n) is 30.6. The Hall–Kier alpha value is -2.73. The molecule has 3 unspecified atom stereocenters. The number of nitrogens with zero attached hydrogens (tertiary/aromatic N) is 7. The van der Waals surface area contributed by atoms with Gasteiger partial charge in [-0.2, -0.15) is 25.3 Å². The molecule has 2 saturated heterocycles. The largest absolute Gasteiger partial charge is 0.384 e. The number of hydroxylamine groups is 10. The van der Waals surface area contributed by atoms with E-state index in [2.05, 4.69) is 61.5 Å². The van der Waals surface area contributed by atoms with Gasteiger partial charge in [0.2, 0.25) is 11.8 Å². The molecule has 19 heteroatoms. The van der Waals surface area contributed by atoms with Crippen molar-refractivity contribution in [2.75, 3.05) is 55.2 Å². The van der Waals surface area contributed by atoms with Crippen molar-refractivity contribution in [2.24, 2.45) is 11.3 Å². The van der Waals surface area contributed by atoms with E-state index in [0.717, 1.165) is 44.2 Å². The molecule has 5 heterocycles. The fraction of sp³-hybridized carbons (Fsp3) is 0.862. The van der Waals surface area contributed by atoms with Gasteiger partial charge in [0.1, 0.15) is 0 Å². The molecule has 0 bridgehead atoms. The number of carbonyl (C=O) groups excluding carboxylic acids is 3. The third-order valence-corrected chi connectivity index (χ3v) is 18.3. The first-order valence-electron chi connectivity index (χ1n) is 30.4. The second-order valence-corrected chi connectivity index (χ2v) is 30.6. The Morgan fingerprint density at radius 2 is 1.01 bits per heavy atom. The minimum Gasteiger partial charge on any atom is -0.384 e. The molecule has 19 nitrogen and oxygen atoms in total. The number of methoxy groups -OCH3 is 3. The van der Waals surface area contributed by atoms with Crippen LogP contribution in [0.5, 0.6) is 0 Å². The van der Waals surface area contributed by atoms with Crippen molar-refractivity contribution >= 4 is 17.6 Å². The maximum Gasteiger partial charge on any atom is 0.223 e. The number of piperidine rings is 2. The highest BCUT2D eigenvalue weighted by Crippen LogP contribution is 2.44. The molecule has 2 amide bonds. The van der Waals surface area contributed by atoms with Gasteiger partial charge in [-0.15, -0.1) is 0 Å². The number of ketones is 1. The van der Waals surface area contributed by atoms with Gasteiger partial charge in [0.05, 0.1) is 65.3 Å². The molecule has 3 atom stereocenters. The van der Waals surface area contributed by atoms with E-state index in [1.807, 2.05) is 130 Å². The van der Waals surface area contributed by atoms with Crippen LogP contribution >= 0.6 is 0 Å². The van der Waals surface area contributed by atoms with Crippen molar-refractivity contribution in [1.29, 1.82) is 0 Å². The lowest BCUT2D eigenvalue weighted by atomic mass is 9.78. The monoisotopic (exact) mass is 1200 g/mol. The standard InChI is InChI=1S/C16H29NO3.C14H29NO3.C12H24N2O2.C12H23NO2.C11H20N2O2/c1-8-16(6,11-20-7)10-13(18)12-9-14(2,3)17(19)15(12,4)5;1-7-11(17-6)10-18-12-8-13(2,3)15(16)14(4,5)9-12;1-9(15)13(6)10-7-11(2,3)14(16)12(4,5)8-10;1-9(8-15-6)10-7-11(2,3)13(14)12(10,4)5;1-8(14)12(6)9-7-10(2,3)13(15)11(9,4)5/h9,19H,8,10-11H2,1-7H3;11-12,16H,7-10H2,1-6H3;10,16H,7-8H2,1-6H3;7,9,14H,8H2,1-6H3;7,15H,1-6H3. The first-order chi connectivity index (χ1) is 37.6. The van der Waals surface area contributed by atoms with E-state index in [9.17, 15) is 40.4 Å². The lowest BCUT2D eigenvalue weighted by Gasteiger charge is -2.53. The highest BCUT2D eigenvalue weighted by molar-refractivity contribution is 5.98. The molecule has 84 heavy (non-hydrogen) atoms. The van der Waals surface area contributed by atoms with Crippen LogP contribution in [0.15, 0.2) is 35.1 Å². The first-order valence-corrected chi connectivity index (χ1v) is 30.4. The second kappa shape index (κ2) is 29.3. The lowest BCUT2D eigenvalue weighted by molar-refractivity contribution is -0.262. The van der Waals surface area contributed by atoms with E-state index in [4.69, 9.17) is 18.9 Å². The topological polar surface area (TPSA) is 212 Å². The third kappa shape index (κ3) is 19.4. The minimum absolute atomic E-state index is 0.0274. The van der Waals surface area contributed by atoms with Crippen LogP contribution in [0.25, 0.3) is 0 Å². The van der Waals surface area contributed by atoms with Crippen molar-refractivity contribution in [3.05, 3.63) is 35.1 Å². The van der Waals surface area contributed by atoms with Gasteiger partial charge in [0, 0.05) is 101 Å². The van der Waals surface area contributed by atoms with Gasteiger partial charge in [-0.1, -0.05) is 39.8 Å². The number of carbonyl (C=O) groups is 3. The smallest absolute Gasteiger partial charge is 0.223 e. The van der Waals surface area contributed by atoms with Gasteiger partial charge < -0.3 is 54.8 Å². The molecule has 5 aliphatic rings. The van der Waals surface area contributed by atoms with Crippen molar-refractivity contribution in [2.45, 2.75) is 299 Å². The summed E-state index contributed by atoms with van der Waals surface area (Å²) >= 11 is 0. The van der Waals surface area contributed by atoms with Gasteiger partial charge in [-0.25, -0.2) is 0 Å². The first kappa shape index (κ1) is 79.3. The summed E-state index contributed by atoms with van der Waals surface area (Å²) < 4.78 is 21.7. The zero-order valence-corrected chi connectivity index (χ0v) is 58.8. The number of Topliss-reactive ketones (excluding diaryl/α,β-unsaturated/α-hetero) is 1. The number of rotatable bonds is 16. The average molecular weight is 1200 g/mol. The van der Waals surface area contributed by atoms with E-state index in [1.165, 1.54) is 37.8 Å². The van der Waals surface area contributed by atoms with E-state index in [0.29, 0.717) is 37.7 Å². The Balaban J connectivity index is 0.000000527. The van der Waals surface area contributed by atoms with E-state index < -0.39 is 22.2 Å². The summed E-state index contributed by atoms with van der Waals surface area (Å²) in [6.07, 6.45) is 11.9. The molecule has 2 fully saturated rings. The van der Waals surface area contributed by atoms with Crippen LogP contribution < -0.4 is 0 Å². The van der Waals surface area contributed by atoms with E-state index in [1.54, 1.807) is 45.1 Å². The Morgan fingerprint density at radius 3 is 1.33 bits per heavy atom. The van der Waals surface area contributed by atoms with E-state index >= 15 is 0 Å². The molecular formula is C65H125N7O12. The molecule has 492 valence electrons. The average Bonchev–Trinajstić information content (AvgIpc) is 2.33. The van der Waals surface area contributed by atoms with Gasteiger partial charge in [-0.3, -0.25) is 14.4 Å². The molecule has 0 saturated carbocycles. The number of amides is 2. The summed E-state index contributed by atoms with van der Waals surface area (Å²) in [7, 11) is 8.66. The predicted molar refractivity (Wildman–Crippen MR) is 334 cm³/mol. The van der Waals surface area contributed by atoms with Crippen LogP contribution in [0.1, 0.15) is 225 Å². The molecule has 0 aromatic heterocycles. The Labute approximate surface area is 510 Å². The summed E-state index contributed by atoms with van der Waals surface area (Å²) in [6, 6.07) is 0.200. The van der Waals surface area contributed by atoms with Crippen LogP contribution in [0.3, 0.4) is 0 Å². The third-order valence-electron chi connectivity index (χ3n) is 18.3. The van der Waals surface area contributed by atoms with Gasteiger partial charge in [0.25, 0.3) is 0 Å². The molecule has 0 spiro atoms. The maximum atomic E-state index is 12.7. The zero-order valence-electron chi connectivity index (χ0n) is 58.8. The predicted octanol–water partition coefficient (Wildman–Crippen LogP) is 12.0. The summed E-state index contributed by atoms with van der Waals surface area (Å²) in [6.45, 7) is 52.9. The van der Waals surface area contributed by atoms with Crippen LogP contribution in [0.4, 0.5) is 0 Å². The maximum absolute atomic E-state index is 12.7. The Kier molecular flexibility index (Phi) is 27.6. The SMILES string of the molecule is CC(=O)N(C)C1=CC(C)(C)N(O)C1(C)C.CC(=O)N(C)C1CC(C)(C)N(O)C(C)(C)C1.CCC(C)(COC)CC(=O)C1=CC(C)(C)N(O)C1(C)C.CCC(COC1CC(C)(C)N(O)C(C)(C)C1)OC.COCC(C)C1=CC(C)(C)N(O)C1(C)C. The molecule has 5 aliphatic heterocycles. The van der Waals surface area contributed by atoms with Crippen LogP contribution in [-0.4, -0.2) is 208 Å². The number of hydrogen-bond donors (Lipinski definition) is 5. The molecule has 0 aromatic carbocycles. The normalized spacial score (nSPS) is 25.2. The number of likely N-dealkylation sites (N-methyl/N-ethyl adjacent to an activating group) is 1. The van der Waals surface area contributed by atoms with Crippen molar-refractivity contribution in [1.82, 2.24) is 35.1 Å². The van der Waals surface area contributed by atoms with Crippen LogP contribution in [-0.2, 0) is 33.3 Å². The van der Waals surface area contributed by atoms with Crippen molar-refractivity contribution in [3.8, 4) is 0 Å². The Bertz CT molecular complexity index is 2230. The quantitative estimate of drug-likeness (QED) is 0.0909. The minimum atomic E-state index is -0.650. The molecule has 0 aliphatic carbocycles. The highest BCUT2D eigenvalue weighted by Gasteiger charge is 2.51. The fourth-order valence-corrected chi connectivity index (χ4v) is 13.2. The van der Waals surface area contributed by atoms with Gasteiger partial charge >= 0.3 is 0 Å². The Morgan fingerprint density at radius 1 is 0.595 bits per heavy atom. The molecule has 5 rings (SSSR count). The van der Waals surface area contributed by atoms with Crippen molar-refractivity contribution in [3.63, 3.8) is 0 Å². The summed E-state index contributed by atoms with van der Waals surface area (Å²) in [5.41, 5.74) is -1.21. The van der Waals surface area contributed by atoms with E-state index in [-0.39, 0.29) is 74.5 Å². The lowest BCUT2D eigenvalue weighted by Crippen LogP contribution is -2.62. The molecular weight excluding hydrogens is 1070 g/mol. The van der Waals surface area contributed by atoms with Crippen LogP contribution in [0.2, 0.25) is 0 Å². The number of hydrogen-bond acceptors (Lipinski definition) is 17. The molecule has 5 N–H and O–H groups in total. The van der Waals surface area contributed by atoms with Gasteiger partial charge in [0.15, 0.2) is 5.78 Å². The highest BCUT2D eigenvalue weighted by atomic mass is 16.5. The molecule has 0 aromatic rings. The molecule has 0 radical (unpaired) electrons. The summed E-state index contributed by atoms with van der Waals surface area (Å²) in [4.78, 5) is 38.8.